The van der Waals surface area contributed by atoms with Crippen molar-refractivity contribution in [1.82, 2.24) is 0 Å². The molecule has 7 heteroatoms. The fourth-order valence-corrected chi connectivity index (χ4v) is 2.54. The van der Waals surface area contributed by atoms with E-state index in [0.29, 0.717) is 16.8 Å². The molecule has 1 saturated heterocycles. The molecule has 0 saturated carbocycles. The van der Waals surface area contributed by atoms with Crippen LogP contribution in [0.4, 0.5) is 11.4 Å². The van der Waals surface area contributed by atoms with Crippen molar-refractivity contribution in [1.29, 1.82) is 0 Å². The summed E-state index contributed by atoms with van der Waals surface area (Å²) in [5.74, 6) is -1.08. The van der Waals surface area contributed by atoms with E-state index in [-0.39, 0.29) is 24.6 Å². The van der Waals surface area contributed by atoms with Crippen LogP contribution in [-0.2, 0) is 14.3 Å². The van der Waals surface area contributed by atoms with Crippen LogP contribution >= 0.6 is 0 Å². The normalized spacial score (nSPS) is 18.0. The summed E-state index contributed by atoms with van der Waals surface area (Å²) in [4.78, 5) is 35.6. The first-order chi connectivity index (χ1) is 9.85. The van der Waals surface area contributed by atoms with E-state index < -0.39 is 16.8 Å². The maximum Gasteiger partial charge on any atom is 0.311 e. The Morgan fingerprint density at radius 2 is 2.05 bits per heavy atom. The molecule has 1 amide bonds. The van der Waals surface area contributed by atoms with Gasteiger partial charge < -0.3 is 9.64 Å². The lowest BCUT2D eigenvalue weighted by Gasteiger charge is -2.19. The number of nitro benzene ring substituents is 1. The van der Waals surface area contributed by atoms with Gasteiger partial charge in [0.2, 0.25) is 5.91 Å². The molecule has 1 atom stereocenters. The van der Waals surface area contributed by atoms with E-state index in [1.807, 2.05) is 0 Å². The number of rotatable bonds is 3. The van der Waals surface area contributed by atoms with Gasteiger partial charge in [0, 0.05) is 30.3 Å². The van der Waals surface area contributed by atoms with E-state index in [4.69, 9.17) is 0 Å². The Labute approximate surface area is 121 Å². The van der Waals surface area contributed by atoms with Crippen LogP contribution in [0.25, 0.3) is 0 Å². The van der Waals surface area contributed by atoms with Crippen molar-refractivity contribution >= 4 is 23.3 Å². The number of hydrogen-bond acceptors (Lipinski definition) is 5. The summed E-state index contributed by atoms with van der Waals surface area (Å²) in [6, 6.07) is 3.06. The maximum atomic E-state index is 12.1. The Hall–Kier alpha value is -2.44. The van der Waals surface area contributed by atoms with Crippen molar-refractivity contribution in [2.45, 2.75) is 20.3 Å². The molecule has 1 unspecified atom stereocenters. The summed E-state index contributed by atoms with van der Waals surface area (Å²) in [6.45, 7) is 3.57. The highest BCUT2D eigenvalue weighted by Gasteiger charge is 2.36. The first kappa shape index (κ1) is 15.0. The fourth-order valence-electron chi connectivity index (χ4n) is 2.54. The molecule has 0 aromatic heterocycles. The van der Waals surface area contributed by atoms with E-state index in [1.165, 1.54) is 18.1 Å². The van der Waals surface area contributed by atoms with Gasteiger partial charge in [0.25, 0.3) is 5.69 Å². The van der Waals surface area contributed by atoms with E-state index in [2.05, 4.69) is 4.74 Å². The lowest BCUT2D eigenvalue weighted by Crippen LogP contribution is -2.27. The average molecular weight is 292 g/mol. The van der Waals surface area contributed by atoms with Gasteiger partial charge in [0.05, 0.1) is 18.0 Å². The molecule has 1 aliphatic heterocycles. The predicted octanol–water partition coefficient (Wildman–Crippen LogP) is 1.74. The second-order valence-corrected chi connectivity index (χ2v) is 5.11. The summed E-state index contributed by atoms with van der Waals surface area (Å²) >= 11 is 0. The molecule has 7 nitrogen and oxygen atoms in total. The number of nitro groups is 1. The lowest BCUT2D eigenvalue weighted by molar-refractivity contribution is -0.385. The zero-order valence-corrected chi connectivity index (χ0v) is 12.1. The molecular formula is C14H16N2O5. The molecule has 0 radical (unpaired) electrons. The van der Waals surface area contributed by atoms with Crippen LogP contribution in [0.3, 0.4) is 0 Å². The van der Waals surface area contributed by atoms with Crippen LogP contribution in [0, 0.1) is 29.9 Å². The van der Waals surface area contributed by atoms with Crippen LogP contribution in [0.15, 0.2) is 12.1 Å². The van der Waals surface area contributed by atoms with Gasteiger partial charge in [0.15, 0.2) is 0 Å². The molecule has 1 fully saturated rings. The molecule has 112 valence electrons. The van der Waals surface area contributed by atoms with Gasteiger partial charge in [-0.25, -0.2) is 0 Å². The number of aryl methyl sites for hydroxylation is 2. The summed E-state index contributed by atoms with van der Waals surface area (Å²) in [7, 11) is 1.29. The van der Waals surface area contributed by atoms with Crippen molar-refractivity contribution in [2.75, 3.05) is 18.6 Å². The Morgan fingerprint density at radius 3 is 2.62 bits per heavy atom. The van der Waals surface area contributed by atoms with Crippen LogP contribution < -0.4 is 4.90 Å². The van der Waals surface area contributed by atoms with Crippen LogP contribution in [0.5, 0.6) is 0 Å². The van der Waals surface area contributed by atoms with Crippen molar-refractivity contribution in [3.63, 3.8) is 0 Å². The number of benzene rings is 1. The quantitative estimate of drug-likeness (QED) is 0.481. The van der Waals surface area contributed by atoms with E-state index in [9.17, 15) is 19.7 Å². The van der Waals surface area contributed by atoms with E-state index in [0.717, 1.165) is 0 Å². The Balaban J connectivity index is 2.35. The zero-order chi connectivity index (χ0) is 15.7. The maximum absolute atomic E-state index is 12.1. The number of carbonyl (C=O) groups is 2. The van der Waals surface area contributed by atoms with Gasteiger partial charge >= 0.3 is 5.97 Å². The molecule has 0 spiro atoms. The first-order valence-corrected chi connectivity index (χ1v) is 6.49. The summed E-state index contributed by atoms with van der Waals surface area (Å²) in [6.07, 6.45) is 0.0994. The first-order valence-electron chi connectivity index (χ1n) is 6.49. The third-order valence-electron chi connectivity index (χ3n) is 3.66. The van der Waals surface area contributed by atoms with Crippen LogP contribution in [-0.4, -0.2) is 30.5 Å². The van der Waals surface area contributed by atoms with Crippen molar-refractivity contribution < 1.29 is 19.2 Å². The Morgan fingerprint density at radius 1 is 1.38 bits per heavy atom. The van der Waals surface area contributed by atoms with Gasteiger partial charge in [-0.2, -0.15) is 0 Å². The number of carbonyl (C=O) groups excluding carboxylic acids is 2. The highest BCUT2D eigenvalue weighted by Crippen LogP contribution is 2.32. The Kier molecular flexibility index (Phi) is 3.93. The van der Waals surface area contributed by atoms with Crippen molar-refractivity contribution in [3.05, 3.63) is 33.4 Å². The topological polar surface area (TPSA) is 89.8 Å². The van der Waals surface area contributed by atoms with Crippen molar-refractivity contribution in [2.24, 2.45) is 5.92 Å². The third-order valence-corrected chi connectivity index (χ3v) is 3.66. The highest BCUT2D eigenvalue weighted by molar-refractivity contribution is 6.00. The van der Waals surface area contributed by atoms with Gasteiger partial charge in [0.1, 0.15) is 0 Å². The Bertz CT molecular complexity index is 626. The number of nitrogens with zero attached hydrogens (tertiary/aromatic N) is 2. The van der Waals surface area contributed by atoms with Crippen LogP contribution in [0.2, 0.25) is 0 Å². The number of hydrogen-bond donors (Lipinski definition) is 0. The third kappa shape index (κ3) is 2.72. The van der Waals surface area contributed by atoms with Gasteiger partial charge in [-0.1, -0.05) is 0 Å². The minimum atomic E-state index is -0.489. The highest BCUT2D eigenvalue weighted by atomic mass is 16.6. The lowest BCUT2D eigenvalue weighted by atomic mass is 10.1. The van der Waals surface area contributed by atoms with Crippen LogP contribution in [0.1, 0.15) is 17.5 Å². The molecule has 2 rings (SSSR count). The smallest absolute Gasteiger partial charge is 0.311 e. The average Bonchev–Trinajstić information content (AvgIpc) is 2.81. The monoisotopic (exact) mass is 292 g/mol. The van der Waals surface area contributed by atoms with Crippen molar-refractivity contribution in [3.8, 4) is 0 Å². The standard InChI is InChI=1S/C14H16N2O5/c1-8-5-12(16(19)20)9(2)4-11(8)15-7-10(6-13(15)17)14(18)21-3/h4-5,10H,6-7H2,1-3H3. The van der Waals surface area contributed by atoms with Gasteiger partial charge in [-0.3, -0.25) is 19.7 Å². The largest absolute Gasteiger partial charge is 0.469 e. The summed E-state index contributed by atoms with van der Waals surface area (Å²) < 4.78 is 4.66. The number of ether oxygens (including phenoxy) is 1. The second kappa shape index (κ2) is 5.51. The molecule has 0 N–H and O–H groups in total. The zero-order valence-electron chi connectivity index (χ0n) is 12.1. The predicted molar refractivity (Wildman–Crippen MR) is 75.0 cm³/mol. The molecular weight excluding hydrogens is 276 g/mol. The minimum absolute atomic E-state index is 0.0208. The molecule has 0 bridgehead atoms. The molecule has 1 aliphatic rings. The number of methoxy groups -OCH3 is 1. The minimum Gasteiger partial charge on any atom is -0.469 e. The van der Waals surface area contributed by atoms with Gasteiger partial charge in [-0.05, 0) is 25.5 Å². The summed E-state index contributed by atoms with van der Waals surface area (Å²) in [5.41, 5.74) is 1.74. The molecule has 21 heavy (non-hydrogen) atoms. The number of anilines is 1. The summed E-state index contributed by atoms with van der Waals surface area (Å²) in [5, 5.41) is 10.9. The fraction of sp³-hybridized carbons (Fsp3) is 0.429. The molecule has 1 heterocycles. The number of amides is 1. The SMILES string of the molecule is COC(=O)C1CC(=O)N(c2cc(C)c([N+](=O)[O-])cc2C)C1. The van der Waals surface area contributed by atoms with E-state index in [1.54, 1.807) is 19.9 Å². The molecule has 1 aromatic rings. The number of esters is 1. The molecule has 0 aliphatic carbocycles. The second-order valence-electron chi connectivity index (χ2n) is 5.11. The molecule has 1 aromatic carbocycles. The van der Waals surface area contributed by atoms with Gasteiger partial charge in [-0.15, -0.1) is 0 Å². The van der Waals surface area contributed by atoms with E-state index >= 15 is 0 Å².